The molecular weight excluding hydrogens is 310 g/mol. The molecule has 0 aromatic carbocycles. The summed E-state index contributed by atoms with van der Waals surface area (Å²) in [7, 11) is -2.99. The van der Waals surface area contributed by atoms with Crippen molar-refractivity contribution in [2.45, 2.75) is 32.4 Å². The molecular formula is C13H23N3O5S. The minimum absolute atomic E-state index is 0.0200. The summed E-state index contributed by atoms with van der Waals surface area (Å²) in [5.74, 6) is 0.0400. The Morgan fingerprint density at radius 3 is 2.14 bits per heavy atom. The van der Waals surface area contributed by atoms with Crippen LogP contribution in [0.25, 0.3) is 0 Å². The van der Waals surface area contributed by atoms with Gasteiger partial charge in [0.1, 0.15) is 5.60 Å². The molecule has 0 aromatic heterocycles. The number of nitrogens with one attached hydrogen (secondary N) is 1. The maximum absolute atomic E-state index is 12.2. The van der Waals surface area contributed by atoms with Gasteiger partial charge in [0.2, 0.25) is 0 Å². The van der Waals surface area contributed by atoms with Crippen LogP contribution in [0.4, 0.5) is 9.59 Å². The van der Waals surface area contributed by atoms with Crippen LogP contribution in [-0.2, 0) is 14.6 Å². The molecule has 1 N–H and O–H groups in total. The Morgan fingerprint density at radius 1 is 1.09 bits per heavy atom. The highest BCUT2D eigenvalue weighted by Crippen LogP contribution is 2.15. The first-order valence-corrected chi connectivity index (χ1v) is 9.12. The van der Waals surface area contributed by atoms with Gasteiger partial charge in [-0.3, -0.25) is 0 Å². The number of nitrogens with zero attached hydrogens (tertiary/aromatic N) is 2. The van der Waals surface area contributed by atoms with E-state index in [2.05, 4.69) is 5.32 Å². The predicted octanol–water partition coefficient (Wildman–Crippen LogP) is 0.0457. The fraction of sp³-hybridized carbons (Fsp3) is 0.846. The third kappa shape index (κ3) is 4.49. The summed E-state index contributed by atoms with van der Waals surface area (Å²) in [5, 5.41) is 2.70. The van der Waals surface area contributed by atoms with Crippen molar-refractivity contribution in [3.05, 3.63) is 0 Å². The molecule has 2 aliphatic heterocycles. The van der Waals surface area contributed by atoms with Gasteiger partial charge in [-0.05, 0) is 20.8 Å². The first kappa shape index (κ1) is 16.9. The third-order valence-electron chi connectivity index (χ3n) is 3.49. The number of hydrogen-bond acceptors (Lipinski definition) is 5. The van der Waals surface area contributed by atoms with E-state index in [4.69, 9.17) is 4.74 Å². The van der Waals surface area contributed by atoms with E-state index in [1.54, 1.807) is 30.6 Å². The van der Waals surface area contributed by atoms with Gasteiger partial charge in [-0.1, -0.05) is 0 Å². The number of hydrogen-bond donors (Lipinski definition) is 1. The third-order valence-corrected chi connectivity index (χ3v) is 5.10. The van der Waals surface area contributed by atoms with E-state index >= 15 is 0 Å². The van der Waals surface area contributed by atoms with Crippen molar-refractivity contribution < 1.29 is 22.7 Å². The Kier molecular flexibility index (Phi) is 4.55. The average Bonchev–Trinajstić information content (AvgIpc) is 2.30. The van der Waals surface area contributed by atoms with Crippen LogP contribution in [0.5, 0.6) is 0 Å². The van der Waals surface area contributed by atoms with Gasteiger partial charge in [-0.15, -0.1) is 0 Å². The maximum atomic E-state index is 12.2. The van der Waals surface area contributed by atoms with E-state index in [0.717, 1.165) is 0 Å². The van der Waals surface area contributed by atoms with Gasteiger partial charge in [0.05, 0.1) is 17.5 Å². The molecule has 126 valence electrons. The first-order chi connectivity index (χ1) is 10.1. The Hall–Kier alpha value is -1.51. The highest BCUT2D eigenvalue weighted by Gasteiger charge is 2.36. The summed E-state index contributed by atoms with van der Waals surface area (Å²) in [6, 6.07) is -0.288. The molecule has 2 heterocycles. The van der Waals surface area contributed by atoms with Gasteiger partial charge in [-0.25, -0.2) is 18.0 Å². The van der Waals surface area contributed by atoms with Crippen LogP contribution in [0.1, 0.15) is 20.8 Å². The molecule has 2 rings (SSSR count). The first-order valence-electron chi connectivity index (χ1n) is 7.29. The Morgan fingerprint density at radius 2 is 1.64 bits per heavy atom. The van der Waals surface area contributed by atoms with Crippen molar-refractivity contribution in [2.75, 3.05) is 37.7 Å². The van der Waals surface area contributed by atoms with Crippen molar-refractivity contribution in [1.29, 1.82) is 0 Å². The number of alkyl carbamates (subject to hydrolysis) is 1. The summed E-state index contributed by atoms with van der Waals surface area (Å²) in [4.78, 5) is 26.9. The quantitative estimate of drug-likeness (QED) is 0.731. The second kappa shape index (κ2) is 5.94. The van der Waals surface area contributed by atoms with Crippen molar-refractivity contribution >= 4 is 22.0 Å². The van der Waals surface area contributed by atoms with Crippen LogP contribution >= 0.6 is 0 Å². The summed E-state index contributed by atoms with van der Waals surface area (Å²) >= 11 is 0. The maximum Gasteiger partial charge on any atom is 0.407 e. The van der Waals surface area contributed by atoms with Gasteiger partial charge in [0.25, 0.3) is 0 Å². The number of ether oxygens (including phenoxy) is 1. The van der Waals surface area contributed by atoms with Crippen molar-refractivity contribution in [1.82, 2.24) is 15.1 Å². The SMILES string of the molecule is CC(C)(C)OC(=O)NC1CN(C(=O)N2CCS(=O)(=O)CC2)C1. The normalized spacial score (nSPS) is 22.0. The number of sulfone groups is 1. The average molecular weight is 333 g/mol. The molecule has 0 aliphatic carbocycles. The van der Waals surface area contributed by atoms with Crippen LogP contribution in [0.2, 0.25) is 0 Å². The highest BCUT2D eigenvalue weighted by molar-refractivity contribution is 7.91. The van der Waals surface area contributed by atoms with Crippen LogP contribution in [0.15, 0.2) is 0 Å². The summed E-state index contributed by atoms with van der Waals surface area (Å²) in [6.45, 7) is 6.67. The zero-order valence-electron chi connectivity index (χ0n) is 13.2. The molecule has 0 atom stereocenters. The number of rotatable bonds is 1. The van der Waals surface area contributed by atoms with Gasteiger partial charge >= 0.3 is 12.1 Å². The predicted molar refractivity (Wildman–Crippen MR) is 80.4 cm³/mol. The molecule has 3 amide bonds. The van der Waals surface area contributed by atoms with Crippen LogP contribution < -0.4 is 5.32 Å². The standard InChI is InChI=1S/C13H23N3O5S/c1-13(2,3)21-11(17)14-10-8-16(9-10)12(18)15-4-6-22(19,20)7-5-15/h10H,4-9H2,1-3H3,(H,14,17). The smallest absolute Gasteiger partial charge is 0.407 e. The van der Waals surface area contributed by atoms with Crippen LogP contribution in [0, 0.1) is 0 Å². The summed E-state index contributed by atoms with van der Waals surface area (Å²) < 4.78 is 27.8. The monoisotopic (exact) mass is 333 g/mol. The van der Waals surface area contributed by atoms with Crippen molar-refractivity contribution in [2.24, 2.45) is 0 Å². The van der Waals surface area contributed by atoms with E-state index < -0.39 is 21.5 Å². The number of carbonyl (C=O) groups is 2. The molecule has 0 radical (unpaired) electrons. The minimum atomic E-state index is -2.99. The molecule has 0 saturated carbocycles. The fourth-order valence-electron chi connectivity index (χ4n) is 2.30. The Labute approximate surface area is 130 Å². The zero-order valence-corrected chi connectivity index (χ0v) is 14.0. The molecule has 2 aliphatic rings. The lowest BCUT2D eigenvalue weighted by Gasteiger charge is -2.42. The highest BCUT2D eigenvalue weighted by atomic mass is 32.2. The van der Waals surface area contributed by atoms with E-state index in [0.29, 0.717) is 13.1 Å². The van der Waals surface area contributed by atoms with Gasteiger partial charge in [-0.2, -0.15) is 0 Å². The van der Waals surface area contributed by atoms with Gasteiger partial charge < -0.3 is 19.9 Å². The molecule has 8 nitrogen and oxygen atoms in total. The summed E-state index contributed by atoms with van der Waals surface area (Å²) in [6.07, 6.45) is -0.492. The van der Waals surface area contributed by atoms with Crippen molar-refractivity contribution in [3.8, 4) is 0 Å². The molecule has 2 saturated heterocycles. The summed E-state index contributed by atoms with van der Waals surface area (Å²) in [5.41, 5.74) is -0.553. The molecule has 0 aromatic rings. The van der Waals surface area contributed by atoms with Crippen LogP contribution in [-0.4, -0.2) is 79.7 Å². The molecule has 0 spiro atoms. The van der Waals surface area contributed by atoms with Crippen LogP contribution in [0.3, 0.4) is 0 Å². The van der Waals surface area contributed by atoms with E-state index in [1.807, 2.05) is 0 Å². The number of carbonyl (C=O) groups excluding carboxylic acids is 2. The molecule has 0 unspecified atom stereocenters. The van der Waals surface area contributed by atoms with E-state index in [9.17, 15) is 18.0 Å². The number of urea groups is 1. The molecule has 22 heavy (non-hydrogen) atoms. The lowest BCUT2D eigenvalue weighted by atomic mass is 10.1. The zero-order chi connectivity index (χ0) is 16.5. The second-order valence-corrected chi connectivity index (χ2v) is 8.97. The fourth-order valence-corrected chi connectivity index (χ4v) is 3.51. The van der Waals surface area contributed by atoms with Crippen molar-refractivity contribution in [3.63, 3.8) is 0 Å². The number of amides is 3. The van der Waals surface area contributed by atoms with Gasteiger partial charge in [0, 0.05) is 26.2 Å². The molecule has 2 fully saturated rings. The minimum Gasteiger partial charge on any atom is -0.444 e. The van der Waals surface area contributed by atoms with E-state index in [1.165, 1.54) is 0 Å². The Bertz CT molecular complexity index is 535. The second-order valence-electron chi connectivity index (χ2n) is 6.67. The molecule has 9 heteroatoms. The largest absolute Gasteiger partial charge is 0.444 e. The lowest BCUT2D eigenvalue weighted by molar-refractivity contribution is 0.0414. The van der Waals surface area contributed by atoms with E-state index in [-0.39, 0.29) is 36.7 Å². The topological polar surface area (TPSA) is 96.0 Å². The molecule has 0 bridgehead atoms. The Balaban J connectivity index is 1.73. The van der Waals surface area contributed by atoms with Gasteiger partial charge in [0.15, 0.2) is 9.84 Å². The lowest BCUT2D eigenvalue weighted by Crippen LogP contribution is -2.64. The number of likely N-dealkylation sites (tertiary alicyclic amines) is 1.